The van der Waals surface area contributed by atoms with Crippen LogP contribution in [0.15, 0.2) is 24.3 Å². The number of rotatable bonds is 7. The van der Waals surface area contributed by atoms with Crippen molar-refractivity contribution in [3.8, 4) is 0 Å². The van der Waals surface area contributed by atoms with E-state index in [0.29, 0.717) is 29.8 Å². The van der Waals surface area contributed by atoms with Crippen molar-refractivity contribution in [3.63, 3.8) is 0 Å². The van der Waals surface area contributed by atoms with Crippen molar-refractivity contribution in [2.24, 2.45) is 0 Å². The first-order valence-corrected chi connectivity index (χ1v) is 10.1. The maximum Gasteiger partial charge on any atom is 0.340 e. The minimum atomic E-state index is -0.949. The topological polar surface area (TPSA) is 85.5 Å². The summed E-state index contributed by atoms with van der Waals surface area (Å²) in [5.41, 5.74) is 0.986. The third-order valence-corrected chi connectivity index (χ3v) is 5.69. The van der Waals surface area contributed by atoms with Crippen LogP contribution in [-0.2, 0) is 19.7 Å². The number of H-pyrrole nitrogens is 1. The Morgan fingerprint density at radius 1 is 1.07 bits per heavy atom. The number of ketones is 1. The van der Waals surface area contributed by atoms with Crippen LogP contribution in [-0.4, -0.2) is 35.9 Å². The molecule has 30 heavy (non-hydrogen) atoms. The molecule has 0 unspecified atom stereocenters. The second kappa shape index (κ2) is 8.81. The van der Waals surface area contributed by atoms with Gasteiger partial charge in [0.25, 0.3) is 0 Å². The average Bonchev–Trinajstić information content (AvgIpc) is 3.31. The number of benzene rings is 1. The zero-order valence-electron chi connectivity index (χ0n) is 17.5. The number of ether oxygens (including phenoxy) is 2. The van der Waals surface area contributed by atoms with E-state index in [2.05, 4.69) is 4.98 Å². The number of aromatic nitrogens is 1. The lowest BCUT2D eigenvalue weighted by atomic mass is 9.79. The molecule has 1 aromatic carbocycles. The molecule has 7 heteroatoms. The Labute approximate surface area is 174 Å². The minimum Gasteiger partial charge on any atom is -0.462 e. The molecule has 1 aromatic heterocycles. The van der Waals surface area contributed by atoms with Gasteiger partial charge in [0.05, 0.1) is 23.1 Å². The molecule has 0 aliphatic heterocycles. The summed E-state index contributed by atoms with van der Waals surface area (Å²) < 4.78 is 24.2. The summed E-state index contributed by atoms with van der Waals surface area (Å²) in [6, 6.07) is 5.97. The maximum atomic E-state index is 13.8. The summed E-state index contributed by atoms with van der Waals surface area (Å²) >= 11 is 0. The van der Waals surface area contributed by atoms with E-state index >= 15 is 0 Å². The third-order valence-electron chi connectivity index (χ3n) is 5.69. The SMILES string of the molecule is CCOC(=O)c1c(C)[nH]c(C)c1C(=O)COC(=O)C1(c2cccc(F)c2)CCCC1. The summed E-state index contributed by atoms with van der Waals surface area (Å²) in [6.07, 6.45) is 2.73. The van der Waals surface area contributed by atoms with Gasteiger partial charge in [-0.2, -0.15) is 0 Å². The predicted octanol–water partition coefficient (Wildman–Crippen LogP) is 4.19. The van der Waals surface area contributed by atoms with Gasteiger partial charge in [-0.1, -0.05) is 25.0 Å². The van der Waals surface area contributed by atoms with Gasteiger partial charge in [-0.05, 0) is 51.3 Å². The van der Waals surface area contributed by atoms with Gasteiger partial charge in [0, 0.05) is 11.4 Å². The molecule has 1 N–H and O–H groups in total. The number of halogens is 1. The molecule has 0 bridgehead atoms. The van der Waals surface area contributed by atoms with E-state index in [0.717, 1.165) is 12.8 Å². The zero-order chi connectivity index (χ0) is 21.9. The Kier molecular flexibility index (Phi) is 6.39. The molecule has 6 nitrogen and oxygen atoms in total. The Hall–Kier alpha value is -2.96. The molecule has 1 fully saturated rings. The van der Waals surface area contributed by atoms with E-state index in [9.17, 15) is 18.8 Å². The van der Waals surface area contributed by atoms with Gasteiger partial charge in [-0.15, -0.1) is 0 Å². The van der Waals surface area contributed by atoms with E-state index < -0.39 is 35.6 Å². The molecule has 1 aliphatic carbocycles. The van der Waals surface area contributed by atoms with Gasteiger partial charge in [0.1, 0.15) is 5.82 Å². The van der Waals surface area contributed by atoms with Crippen molar-refractivity contribution in [2.45, 2.75) is 51.9 Å². The molecular weight excluding hydrogens is 389 g/mol. The number of Topliss-reactive ketones (excluding diaryl/α,β-unsaturated/α-hetero) is 1. The number of carbonyl (C=O) groups excluding carboxylic acids is 3. The monoisotopic (exact) mass is 415 g/mol. The first-order chi connectivity index (χ1) is 14.3. The third kappa shape index (κ3) is 4.01. The van der Waals surface area contributed by atoms with Crippen LogP contribution in [0.2, 0.25) is 0 Å². The summed E-state index contributed by atoms with van der Waals surface area (Å²) in [4.78, 5) is 41.1. The highest BCUT2D eigenvalue weighted by Crippen LogP contribution is 2.42. The second-order valence-corrected chi connectivity index (χ2v) is 7.64. The lowest BCUT2D eigenvalue weighted by molar-refractivity contribution is -0.149. The molecular formula is C23H26FNO5. The quantitative estimate of drug-likeness (QED) is 0.541. The fourth-order valence-electron chi connectivity index (χ4n) is 4.30. The molecule has 1 heterocycles. The van der Waals surface area contributed by atoms with Crippen molar-refractivity contribution in [1.82, 2.24) is 4.98 Å². The number of carbonyl (C=O) groups is 3. The van der Waals surface area contributed by atoms with Crippen molar-refractivity contribution in [1.29, 1.82) is 0 Å². The number of aryl methyl sites for hydroxylation is 2. The van der Waals surface area contributed by atoms with Gasteiger partial charge >= 0.3 is 11.9 Å². The van der Waals surface area contributed by atoms with Crippen LogP contribution in [0.1, 0.15) is 70.3 Å². The van der Waals surface area contributed by atoms with Crippen LogP contribution in [0.4, 0.5) is 4.39 Å². The number of esters is 2. The van der Waals surface area contributed by atoms with E-state index in [1.807, 2.05) is 0 Å². The standard InChI is InChI=1S/C23H26FNO5/c1-4-29-21(27)20-15(3)25-14(2)19(20)18(26)13-30-22(28)23(10-5-6-11-23)16-8-7-9-17(24)12-16/h7-9,12,25H,4-6,10-11,13H2,1-3H3. The Morgan fingerprint density at radius 3 is 2.37 bits per heavy atom. The lowest BCUT2D eigenvalue weighted by Crippen LogP contribution is -2.36. The van der Waals surface area contributed by atoms with E-state index in [1.54, 1.807) is 32.9 Å². The molecule has 0 atom stereocenters. The van der Waals surface area contributed by atoms with Gasteiger partial charge in [0.2, 0.25) is 5.78 Å². The van der Waals surface area contributed by atoms with Crippen molar-refractivity contribution in [2.75, 3.05) is 13.2 Å². The molecule has 1 aliphatic rings. The molecule has 160 valence electrons. The van der Waals surface area contributed by atoms with Crippen LogP contribution in [0.3, 0.4) is 0 Å². The van der Waals surface area contributed by atoms with Crippen LogP contribution >= 0.6 is 0 Å². The van der Waals surface area contributed by atoms with Crippen LogP contribution in [0.5, 0.6) is 0 Å². The zero-order valence-corrected chi connectivity index (χ0v) is 17.5. The smallest absolute Gasteiger partial charge is 0.340 e. The van der Waals surface area contributed by atoms with Gasteiger partial charge < -0.3 is 14.5 Å². The van der Waals surface area contributed by atoms with E-state index in [1.165, 1.54) is 12.1 Å². The Balaban J connectivity index is 1.81. The minimum absolute atomic E-state index is 0.163. The van der Waals surface area contributed by atoms with Crippen LogP contribution in [0.25, 0.3) is 0 Å². The predicted molar refractivity (Wildman–Crippen MR) is 108 cm³/mol. The first-order valence-electron chi connectivity index (χ1n) is 10.1. The molecule has 0 amide bonds. The highest BCUT2D eigenvalue weighted by Gasteiger charge is 2.44. The fourth-order valence-corrected chi connectivity index (χ4v) is 4.30. The van der Waals surface area contributed by atoms with Crippen molar-refractivity contribution in [3.05, 3.63) is 58.2 Å². The molecule has 0 radical (unpaired) electrons. The van der Waals surface area contributed by atoms with E-state index in [-0.39, 0.29) is 17.7 Å². The van der Waals surface area contributed by atoms with Gasteiger partial charge in [0.15, 0.2) is 6.61 Å². The largest absolute Gasteiger partial charge is 0.462 e. The second-order valence-electron chi connectivity index (χ2n) is 7.64. The highest BCUT2D eigenvalue weighted by molar-refractivity contribution is 6.09. The molecule has 0 spiro atoms. The van der Waals surface area contributed by atoms with Crippen LogP contribution in [0, 0.1) is 19.7 Å². The summed E-state index contributed by atoms with van der Waals surface area (Å²) in [5.74, 6) is -2.04. The summed E-state index contributed by atoms with van der Waals surface area (Å²) in [5, 5.41) is 0. The van der Waals surface area contributed by atoms with Crippen molar-refractivity contribution >= 4 is 17.7 Å². The normalized spacial score (nSPS) is 15.1. The van der Waals surface area contributed by atoms with Gasteiger partial charge in [-0.25, -0.2) is 9.18 Å². The number of hydrogen-bond donors (Lipinski definition) is 1. The number of hydrogen-bond acceptors (Lipinski definition) is 5. The van der Waals surface area contributed by atoms with Crippen LogP contribution < -0.4 is 0 Å². The molecule has 2 aromatic rings. The Bertz CT molecular complexity index is 972. The maximum absolute atomic E-state index is 13.8. The molecule has 0 saturated heterocycles. The number of nitrogens with one attached hydrogen (secondary N) is 1. The molecule has 3 rings (SSSR count). The summed E-state index contributed by atoms with van der Waals surface area (Å²) in [7, 11) is 0. The lowest BCUT2D eigenvalue weighted by Gasteiger charge is -2.27. The number of aromatic amines is 1. The van der Waals surface area contributed by atoms with Gasteiger partial charge in [-0.3, -0.25) is 9.59 Å². The van der Waals surface area contributed by atoms with E-state index in [4.69, 9.17) is 9.47 Å². The fraction of sp³-hybridized carbons (Fsp3) is 0.435. The first kappa shape index (κ1) is 21.7. The van der Waals surface area contributed by atoms with Crippen molar-refractivity contribution < 1.29 is 28.2 Å². The highest BCUT2D eigenvalue weighted by atomic mass is 19.1. The molecule has 1 saturated carbocycles. The Morgan fingerprint density at radius 2 is 1.73 bits per heavy atom. The average molecular weight is 415 g/mol. The summed E-state index contributed by atoms with van der Waals surface area (Å²) in [6.45, 7) is 4.72.